The molecule has 1 aliphatic heterocycles. The fourth-order valence-electron chi connectivity index (χ4n) is 2.67. The molecule has 1 aromatic carbocycles. The van der Waals surface area contributed by atoms with Crippen molar-refractivity contribution in [1.82, 2.24) is 15.4 Å². The summed E-state index contributed by atoms with van der Waals surface area (Å²) in [5, 5.41) is 4.75. The first-order valence-electron chi connectivity index (χ1n) is 7.20. The summed E-state index contributed by atoms with van der Waals surface area (Å²) >= 11 is 18.7. The van der Waals surface area contributed by atoms with Crippen LogP contribution in [0.4, 0.5) is 11.5 Å². The Morgan fingerprint density at radius 3 is 2.43 bits per heavy atom. The molecule has 2 aromatic rings. The molecule has 0 unspecified atom stereocenters. The van der Waals surface area contributed by atoms with Crippen molar-refractivity contribution >= 4 is 58.6 Å². The summed E-state index contributed by atoms with van der Waals surface area (Å²) in [4.78, 5) is 8.92. The van der Waals surface area contributed by atoms with Crippen LogP contribution in [0, 0.1) is 6.92 Å². The van der Waals surface area contributed by atoms with E-state index >= 15 is 0 Å². The lowest BCUT2D eigenvalue weighted by molar-refractivity contribution is 0.845. The highest BCUT2D eigenvalue weighted by molar-refractivity contribution is 6.42. The van der Waals surface area contributed by atoms with Crippen LogP contribution in [0.3, 0.4) is 0 Å². The topological polar surface area (TPSA) is 41.1 Å². The van der Waals surface area contributed by atoms with E-state index in [4.69, 9.17) is 34.8 Å². The number of hydrogen-bond donors (Lipinski definition) is 1. The van der Waals surface area contributed by atoms with Gasteiger partial charge in [-0.2, -0.15) is 0 Å². The average Bonchev–Trinajstić information content (AvgIpc) is 2.77. The van der Waals surface area contributed by atoms with E-state index in [-0.39, 0.29) is 0 Å². The van der Waals surface area contributed by atoms with Gasteiger partial charge in [-0.05, 0) is 25.5 Å². The number of rotatable bonds is 3. The molecule has 0 amide bonds. The number of nitrogens with one attached hydrogen (secondary N) is 1. The van der Waals surface area contributed by atoms with Crippen molar-refractivity contribution in [1.29, 1.82) is 0 Å². The van der Waals surface area contributed by atoms with Crippen LogP contribution in [0.5, 0.6) is 0 Å². The molecule has 0 saturated heterocycles. The van der Waals surface area contributed by atoms with Gasteiger partial charge >= 0.3 is 0 Å². The highest BCUT2D eigenvalue weighted by Crippen LogP contribution is 2.39. The van der Waals surface area contributed by atoms with E-state index in [2.05, 4.69) is 28.9 Å². The fourth-order valence-corrected chi connectivity index (χ4v) is 3.66. The van der Waals surface area contributed by atoms with Crippen LogP contribution in [0.15, 0.2) is 12.1 Å². The van der Waals surface area contributed by atoms with Crippen molar-refractivity contribution < 1.29 is 0 Å². The van der Waals surface area contributed by atoms with Gasteiger partial charge in [-0.25, -0.2) is 15.0 Å². The van der Waals surface area contributed by atoms with E-state index in [1.165, 1.54) is 0 Å². The van der Waals surface area contributed by atoms with Gasteiger partial charge in [0, 0.05) is 10.7 Å². The van der Waals surface area contributed by atoms with Gasteiger partial charge in [0.1, 0.15) is 11.5 Å². The van der Waals surface area contributed by atoms with Gasteiger partial charge in [-0.1, -0.05) is 54.7 Å². The van der Waals surface area contributed by atoms with Crippen LogP contribution in [0.1, 0.15) is 25.6 Å². The number of halogens is 3. The number of fused-ring (bicyclic) bond motifs is 1. The quantitative estimate of drug-likeness (QED) is 0.895. The molecule has 0 bridgehead atoms. The molecule has 120 valence electrons. The second kappa shape index (κ2) is 6.19. The molecule has 7 heteroatoms. The zero-order valence-electron chi connectivity index (χ0n) is 12.8. The molecule has 3 rings (SSSR count). The molecule has 0 radical (unpaired) electrons. The molecule has 2 heterocycles. The lowest BCUT2D eigenvalue weighted by atomic mass is 10.2. The van der Waals surface area contributed by atoms with Gasteiger partial charge in [0.05, 0.1) is 20.6 Å². The van der Waals surface area contributed by atoms with Gasteiger partial charge in [0.15, 0.2) is 5.82 Å². The predicted molar refractivity (Wildman–Crippen MR) is 96.6 cm³/mol. The second-order valence-corrected chi connectivity index (χ2v) is 6.56. The molecule has 23 heavy (non-hydrogen) atoms. The van der Waals surface area contributed by atoms with E-state index in [0.717, 1.165) is 23.8 Å². The summed E-state index contributed by atoms with van der Waals surface area (Å²) in [6.07, 6.45) is 1.83. The molecule has 0 spiro atoms. The van der Waals surface area contributed by atoms with E-state index in [9.17, 15) is 0 Å². The smallest absolute Gasteiger partial charge is 0.165 e. The Bertz CT molecular complexity index is 872. The Balaban J connectivity index is 2.24. The third-order valence-corrected chi connectivity index (χ3v) is 4.34. The molecule has 1 N–H and O–H groups in total. The van der Waals surface area contributed by atoms with E-state index in [1.807, 2.05) is 6.92 Å². The van der Waals surface area contributed by atoms with Crippen molar-refractivity contribution in [2.75, 3.05) is 5.01 Å². The molecular weight excluding hydrogens is 355 g/mol. The van der Waals surface area contributed by atoms with Gasteiger partial charge in [-0.15, -0.1) is 0 Å². The van der Waals surface area contributed by atoms with E-state index in [1.54, 1.807) is 17.1 Å². The predicted octanol–water partition coefficient (Wildman–Crippen LogP) is 3.72. The van der Waals surface area contributed by atoms with Crippen molar-refractivity contribution in [3.8, 4) is 0 Å². The van der Waals surface area contributed by atoms with Crippen molar-refractivity contribution in [2.45, 2.75) is 26.7 Å². The molecule has 0 aliphatic carbocycles. The number of hydrazine groups is 1. The van der Waals surface area contributed by atoms with Crippen LogP contribution in [0.2, 0.25) is 15.1 Å². The highest BCUT2D eigenvalue weighted by atomic mass is 35.5. The number of aromatic nitrogens is 2. The van der Waals surface area contributed by atoms with Crippen LogP contribution >= 0.6 is 34.8 Å². The summed E-state index contributed by atoms with van der Waals surface area (Å²) < 4.78 is 0. The van der Waals surface area contributed by atoms with Crippen LogP contribution in [-0.4, -0.2) is 9.97 Å². The summed E-state index contributed by atoms with van der Waals surface area (Å²) in [6.45, 7) is 7.98. The van der Waals surface area contributed by atoms with Crippen molar-refractivity contribution in [3.63, 3.8) is 0 Å². The molecule has 1 aliphatic rings. The molecule has 0 fully saturated rings. The Hall–Kier alpha value is -1.49. The first-order chi connectivity index (χ1) is 10.9. The number of benzene rings is 1. The summed E-state index contributed by atoms with van der Waals surface area (Å²) in [5.74, 6) is 1.34. The van der Waals surface area contributed by atoms with E-state index < -0.39 is 0 Å². The van der Waals surface area contributed by atoms with Crippen LogP contribution in [-0.2, 0) is 0 Å². The molecule has 0 atom stereocenters. The minimum atomic E-state index is 0.445. The van der Waals surface area contributed by atoms with Gasteiger partial charge < -0.3 is 0 Å². The van der Waals surface area contributed by atoms with Crippen LogP contribution in [0.25, 0.3) is 12.3 Å². The monoisotopic (exact) mass is 368 g/mol. The molecular formula is C16H15Cl3N4. The number of aryl methyl sites for hydroxylation is 1. The zero-order chi connectivity index (χ0) is 16.7. The second-order valence-electron chi connectivity index (χ2n) is 5.31. The molecule has 4 nitrogen and oxygen atoms in total. The van der Waals surface area contributed by atoms with Gasteiger partial charge in [0.2, 0.25) is 0 Å². The SMILES string of the molecule is C=c1nc(C)nc2c1=C(CCC)NN2c1c(Cl)cc(Cl)cc1Cl. The maximum Gasteiger partial charge on any atom is 0.165 e. The number of hydrogen-bond acceptors (Lipinski definition) is 4. The third kappa shape index (κ3) is 2.87. The third-order valence-electron chi connectivity index (χ3n) is 3.54. The normalized spacial score (nSPS) is 13.3. The van der Waals surface area contributed by atoms with Gasteiger partial charge in [0.25, 0.3) is 0 Å². The number of anilines is 2. The summed E-state index contributed by atoms with van der Waals surface area (Å²) in [6, 6.07) is 3.31. The summed E-state index contributed by atoms with van der Waals surface area (Å²) in [5.41, 5.74) is 4.96. The van der Waals surface area contributed by atoms with Gasteiger partial charge in [-0.3, -0.25) is 5.43 Å². The maximum absolute atomic E-state index is 6.37. The maximum atomic E-state index is 6.37. The molecule has 0 saturated carbocycles. The number of nitrogens with zero attached hydrogens (tertiary/aromatic N) is 3. The Morgan fingerprint density at radius 1 is 1.17 bits per heavy atom. The standard InChI is InChI=1S/C16H15Cl3N4/c1-4-5-13-14-8(2)20-9(3)21-16(14)23(22-13)15-11(18)6-10(17)7-12(15)19/h6-7,22H,2,4-5H2,1,3H3. The van der Waals surface area contributed by atoms with Crippen LogP contribution < -0.4 is 21.0 Å². The minimum Gasteiger partial charge on any atom is -0.296 e. The largest absolute Gasteiger partial charge is 0.296 e. The first kappa shape index (κ1) is 16.4. The Labute approximate surface area is 149 Å². The highest BCUT2D eigenvalue weighted by Gasteiger charge is 2.27. The lowest BCUT2D eigenvalue weighted by Crippen LogP contribution is -2.32. The minimum absolute atomic E-state index is 0.445. The van der Waals surface area contributed by atoms with Crippen molar-refractivity contribution in [2.24, 2.45) is 0 Å². The van der Waals surface area contributed by atoms with Crippen molar-refractivity contribution in [3.05, 3.63) is 43.6 Å². The lowest BCUT2D eigenvalue weighted by Gasteiger charge is -2.23. The molecule has 1 aromatic heterocycles. The summed E-state index contributed by atoms with van der Waals surface area (Å²) in [7, 11) is 0. The average molecular weight is 370 g/mol. The fraction of sp³-hybridized carbons (Fsp3) is 0.250. The Morgan fingerprint density at radius 2 is 1.83 bits per heavy atom. The zero-order valence-corrected chi connectivity index (χ0v) is 15.0. The van der Waals surface area contributed by atoms with E-state index in [0.29, 0.717) is 37.7 Å². The Kier molecular flexibility index (Phi) is 4.41. The first-order valence-corrected chi connectivity index (χ1v) is 8.34.